The van der Waals surface area contributed by atoms with Gasteiger partial charge >= 0.3 is 0 Å². The van der Waals surface area contributed by atoms with Gasteiger partial charge in [-0.1, -0.05) is 23.8 Å². The van der Waals surface area contributed by atoms with E-state index in [1.807, 2.05) is 43.1 Å². The minimum absolute atomic E-state index is 0.141. The van der Waals surface area contributed by atoms with E-state index < -0.39 is 0 Å². The van der Waals surface area contributed by atoms with Crippen LogP contribution in [-0.2, 0) is 0 Å². The molecule has 1 aromatic carbocycles. The van der Waals surface area contributed by atoms with Crippen LogP contribution < -0.4 is 5.32 Å². The Labute approximate surface area is 95.8 Å². The second kappa shape index (κ2) is 4.39. The topological polar surface area (TPSA) is 32.3 Å². The van der Waals surface area contributed by atoms with E-state index in [0.29, 0.717) is 6.54 Å². The number of ketones is 1. The van der Waals surface area contributed by atoms with E-state index in [4.69, 9.17) is 0 Å². The average Bonchev–Trinajstić information content (AvgIpc) is 2.70. The van der Waals surface area contributed by atoms with E-state index >= 15 is 0 Å². The molecular weight excluding hydrogens is 200 g/mol. The van der Waals surface area contributed by atoms with Crippen molar-refractivity contribution in [2.24, 2.45) is 0 Å². The van der Waals surface area contributed by atoms with Crippen molar-refractivity contribution in [3.05, 3.63) is 54.0 Å². The van der Waals surface area contributed by atoms with Gasteiger partial charge in [0.2, 0.25) is 0 Å². The van der Waals surface area contributed by atoms with Gasteiger partial charge in [0.25, 0.3) is 0 Å². The third-order valence-corrected chi connectivity index (χ3v) is 2.61. The van der Waals surface area contributed by atoms with Gasteiger partial charge in [0.15, 0.2) is 5.78 Å². The summed E-state index contributed by atoms with van der Waals surface area (Å²) in [6.07, 6.45) is 3.65. The monoisotopic (exact) mass is 215 g/mol. The summed E-state index contributed by atoms with van der Waals surface area (Å²) in [4.78, 5) is 13.8. The van der Waals surface area contributed by atoms with Crippen LogP contribution in [0.4, 0.5) is 0 Å². The van der Waals surface area contributed by atoms with Gasteiger partial charge in [0.1, 0.15) is 6.67 Å². The average molecular weight is 215 g/mol. The molecule has 1 radical (unpaired) electrons. The van der Waals surface area contributed by atoms with Crippen LogP contribution in [0.15, 0.2) is 30.6 Å². The highest BCUT2D eigenvalue weighted by atomic mass is 16.1. The molecule has 1 N–H and O–H groups in total. The Morgan fingerprint density at radius 1 is 1.38 bits per heavy atom. The van der Waals surface area contributed by atoms with Crippen LogP contribution >= 0.6 is 0 Å². The first-order chi connectivity index (χ1) is 7.66. The quantitative estimate of drug-likeness (QED) is 0.782. The van der Waals surface area contributed by atoms with Crippen molar-refractivity contribution in [3.63, 3.8) is 0 Å². The SMILES string of the molecule is Cc1ccc(C(=O)CN2[CH]NC=C2)c(C)c1. The van der Waals surface area contributed by atoms with E-state index in [1.54, 1.807) is 12.9 Å². The third-order valence-electron chi connectivity index (χ3n) is 2.61. The fraction of sp³-hybridized carbons (Fsp3) is 0.231. The molecule has 1 aliphatic rings. The number of carbonyl (C=O) groups excluding carboxylic acids is 1. The molecule has 3 nitrogen and oxygen atoms in total. The molecule has 3 heteroatoms. The zero-order valence-corrected chi connectivity index (χ0v) is 9.53. The molecule has 1 heterocycles. The molecule has 0 saturated heterocycles. The van der Waals surface area contributed by atoms with Crippen LogP contribution in [0.3, 0.4) is 0 Å². The smallest absolute Gasteiger partial charge is 0.182 e. The number of nitrogens with one attached hydrogen (secondary N) is 1. The first kappa shape index (κ1) is 10.7. The summed E-state index contributed by atoms with van der Waals surface area (Å²) in [5, 5.41) is 2.92. The lowest BCUT2D eigenvalue weighted by Gasteiger charge is -2.13. The van der Waals surface area contributed by atoms with Gasteiger partial charge in [-0.05, 0) is 19.4 Å². The number of hydrogen-bond acceptors (Lipinski definition) is 3. The zero-order valence-electron chi connectivity index (χ0n) is 9.53. The molecule has 0 amide bonds. The summed E-state index contributed by atoms with van der Waals surface area (Å²) in [6.45, 7) is 6.17. The first-order valence-electron chi connectivity index (χ1n) is 5.29. The van der Waals surface area contributed by atoms with Crippen molar-refractivity contribution in [1.82, 2.24) is 10.2 Å². The molecule has 16 heavy (non-hydrogen) atoms. The molecule has 0 fully saturated rings. The van der Waals surface area contributed by atoms with Gasteiger partial charge in [0, 0.05) is 18.0 Å². The van der Waals surface area contributed by atoms with Crippen LogP contribution in [0.5, 0.6) is 0 Å². The number of carbonyl (C=O) groups is 1. The Morgan fingerprint density at radius 3 is 2.81 bits per heavy atom. The van der Waals surface area contributed by atoms with Gasteiger partial charge in [-0.25, -0.2) is 0 Å². The standard InChI is InChI=1S/C13H15N2O/c1-10-3-4-12(11(2)7-10)13(16)8-15-6-5-14-9-15/h3-7,9,14H,8H2,1-2H3. The summed E-state index contributed by atoms with van der Waals surface area (Å²) in [7, 11) is 0. The van der Waals surface area contributed by atoms with Crippen molar-refractivity contribution in [2.45, 2.75) is 13.8 Å². The van der Waals surface area contributed by atoms with Gasteiger partial charge in [-0.2, -0.15) is 0 Å². The molecule has 0 spiro atoms. The molecule has 0 saturated carbocycles. The van der Waals surface area contributed by atoms with Crippen LogP contribution in [-0.4, -0.2) is 17.2 Å². The van der Waals surface area contributed by atoms with Gasteiger partial charge in [-0.15, -0.1) is 0 Å². The predicted octanol–water partition coefficient (Wildman–Crippen LogP) is 1.98. The lowest BCUT2D eigenvalue weighted by atomic mass is 10.0. The molecule has 0 atom stereocenters. The number of rotatable bonds is 3. The minimum atomic E-state index is 0.141. The van der Waals surface area contributed by atoms with Crippen molar-refractivity contribution >= 4 is 5.78 Å². The molecule has 0 bridgehead atoms. The Morgan fingerprint density at radius 2 is 2.19 bits per heavy atom. The highest BCUT2D eigenvalue weighted by Gasteiger charge is 2.13. The van der Waals surface area contributed by atoms with Crippen molar-refractivity contribution < 1.29 is 4.79 Å². The summed E-state index contributed by atoms with van der Waals surface area (Å²) in [5.41, 5.74) is 3.03. The third kappa shape index (κ3) is 2.24. The number of nitrogens with zero attached hydrogens (tertiary/aromatic N) is 1. The number of benzene rings is 1. The van der Waals surface area contributed by atoms with Crippen LogP contribution in [0, 0.1) is 20.5 Å². The van der Waals surface area contributed by atoms with E-state index in [1.165, 1.54) is 5.56 Å². The fourth-order valence-electron chi connectivity index (χ4n) is 1.80. The largest absolute Gasteiger partial charge is 0.367 e. The van der Waals surface area contributed by atoms with Crippen molar-refractivity contribution in [3.8, 4) is 0 Å². The predicted molar refractivity (Wildman–Crippen MR) is 63.5 cm³/mol. The Bertz CT molecular complexity index is 438. The second-order valence-corrected chi connectivity index (χ2v) is 4.03. The number of Topliss-reactive ketones (excluding diaryl/α,β-unsaturated/α-hetero) is 1. The maximum absolute atomic E-state index is 12.0. The lowest BCUT2D eigenvalue weighted by molar-refractivity contribution is 0.0965. The lowest BCUT2D eigenvalue weighted by Crippen LogP contribution is -2.23. The zero-order chi connectivity index (χ0) is 11.5. The highest BCUT2D eigenvalue weighted by molar-refractivity contribution is 5.99. The molecule has 2 rings (SSSR count). The van der Waals surface area contributed by atoms with Gasteiger partial charge in [0.05, 0.1) is 6.54 Å². The maximum Gasteiger partial charge on any atom is 0.182 e. The molecule has 83 valence electrons. The molecule has 1 aromatic rings. The number of aryl methyl sites for hydroxylation is 2. The van der Waals surface area contributed by atoms with Crippen molar-refractivity contribution in [2.75, 3.05) is 6.54 Å². The molecule has 1 aliphatic heterocycles. The second-order valence-electron chi connectivity index (χ2n) is 4.03. The molecular formula is C13H15N2O. The summed E-state index contributed by atoms with van der Waals surface area (Å²) in [6, 6.07) is 5.91. The Hall–Kier alpha value is -1.77. The number of hydrogen-bond donors (Lipinski definition) is 1. The van der Waals surface area contributed by atoms with Gasteiger partial charge in [-0.3, -0.25) is 4.79 Å². The van der Waals surface area contributed by atoms with Gasteiger partial charge < -0.3 is 10.2 Å². The van der Waals surface area contributed by atoms with Crippen molar-refractivity contribution in [1.29, 1.82) is 0 Å². The van der Waals surface area contributed by atoms with Crippen LogP contribution in [0.25, 0.3) is 0 Å². The highest BCUT2D eigenvalue weighted by Crippen LogP contribution is 2.12. The molecule has 0 aliphatic carbocycles. The summed E-state index contributed by atoms with van der Waals surface area (Å²) < 4.78 is 0. The van der Waals surface area contributed by atoms with Crippen LogP contribution in [0.1, 0.15) is 21.5 Å². The fourth-order valence-corrected chi connectivity index (χ4v) is 1.80. The van der Waals surface area contributed by atoms with E-state index in [0.717, 1.165) is 11.1 Å². The summed E-state index contributed by atoms with van der Waals surface area (Å²) >= 11 is 0. The van der Waals surface area contributed by atoms with Crippen LogP contribution in [0.2, 0.25) is 0 Å². The molecule has 0 aromatic heterocycles. The minimum Gasteiger partial charge on any atom is -0.367 e. The molecule has 0 unspecified atom stereocenters. The Balaban J connectivity index is 2.11. The van der Waals surface area contributed by atoms with E-state index in [9.17, 15) is 4.79 Å². The van der Waals surface area contributed by atoms with E-state index in [-0.39, 0.29) is 5.78 Å². The normalized spacial score (nSPS) is 14.0. The summed E-state index contributed by atoms with van der Waals surface area (Å²) in [5.74, 6) is 0.141. The Kier molecular flexibility index (Phi) is 2.95. The maximum atomic E-state index is 12.0. The van der Waals surface area contributed by atoms with E-state index in [2.05, 4.69) is 5.32 Å². The first-order valence-corrected chi connectivity index (χ1v) is 5.29.